The molecule has 0 spiro atoms. The summed E-state index contributed by atoms with van der Waals surface area (Å²) in [6, 6.07) is -0.161. The topological polar surface area (TPSA) is 67.2 Å². The fraction of sp³-hybridized carbons (Fsp3) is 1.00. The van der Waals surface area contributed by atoms with Crippen molar-refractivity contribution < 1.29 is 4.92 Å². The van der Waals surface area contributed by atoms with Gasteiger partial charge in [0.25, 0.3) is 0 Å². The first-order valence-corrected chi connectivity index (χ1v) is 6.20. The molecule has 0 radical (unpaired) electrons. The zero-order valence-electron chi connectivity index (χ0n) is 8.23. The van der Waals surface area contributed by atoms with Gasteiger partial charge in [0.2, 0.25) is 6.04 Å². The predicted molar refractivity (Wildman–Crippen MR) is 61.6 cm³/mol. The minimum absolute atomic E-state index is 0.0516. The molecule has 2 fully saturated rings. The van der Waals surface area contributed by atoms with Crippen LogP contribution < -0.4 is 10.6 Å². The molecule has 2 rings (SSSR count). The standard InChI is InChI=1S/C8H15ClN3O2P/c9-8-4-1-6(12(13)14)7(15)2-5(4)10-3-11-8/h4-8,10-11H,1-3,15H2. The Morgan fingerprint density at radius 1 is 1.40 bits per heavy atom. The molecule has 1 aliphatic heterocycles. The Morgan fingerprint density at radius 2 is 2.13 bits per heavy atom. The highest BCUT2D eigenvalue weighted by molar-refractivity contribution is 7.17. The fourth-order valence-electron chi connectivity index (χ4n) is 2.48. The molecule has 0 aromatic heterocycles. The number of alkyl halides is 1. The summed E-state index contributed by atoms with van der Waals surface area (Å²) in [5.74, 6) is 0.160. The van der Waals surface area contributed by atoms with Crippen molar-refractivity contribution in [1.82, 2.24) is 10.6 Å². The second-order valence-electron chi connectivity index (χ2n) is 4.25. The molecule has 6 atom stereocenters. The second kappa shape index (κ2) is 4.50. The Kier molecular flexibility index (Phi) is 3.45. The van der Waals surface area contributed by atoms with Crippen LogP contribution in [0.5, 0.6) is 0 Å². The molecule has 0 amide bonds. The van der Waals surface area contributed by atoms with Crippen molar-refractivity contribution in [3.05, 3.63) is 10.1 Å². The van der Waals surface area contributed by atoms with Crippen molar-refractivity contribution >= 4 is 20.8 Å². The van der Waals surface area contributed by atoms with Crippen LogP contribution in [0.1, 0.15) is 12.8 Å². The molecular weight excluding hydrogens is 237 g/mol. The van der Waals surface area contributed by atoms with Gasteiger partial charge in [0.15, 0.2) is 0 Å². The van der Waals surface area contributed by atoms with E-state index in [9.17, 15) is 10.1 Å². The van der Waals surface area contributed by atoms with Crippen molar-refractivity contribution in [2.24, 2.45) is 5.92 Å². The summed E-state index contributed by atoms with van der Waals surface area (Å²) in [4.78, 5) is 10.7. The quantitative estimate of drug-likeness (QED) is 0.232. The van der Waals surface area contributed by atoms with E-state index in [-0.39, 0.29) is 22.0 Å². The lowest BCUT2D eigenvalue weighted by Gasteiger charge is -2.42. The zero-order chi connectivity index (χ0) is 11.0. The molecule has 1 saturated heterocycles. The van der Waals surface area contributed by atoms with E-state index in [0.717, 1.165) is 6.42 Å². The van der Waals surface area contributed by atoms with Gasteiger partial charge in [0.1, 0.15) is 0 Å². The van der Waals surface area contributed by atoms with Gasteiger partial charge in [-0.2, -0.15) is 0 Å². The third kappa shape index (κ3) is 2.26. The van der Waals surface area contributed by atoms with Gasteiger partial charge >= 0.3 is 0 Å². The first-order valence-electron chi connectivity index (χ1n) is 5.09. The molecule has 0 aromatic carbocycles. The minimum atomic E-state index is -0.473. The van der Waals surface area contributed by atoms with Gasteiger partial charge in [-0.1, -0.05) is 0 Å². The van der Waals surface area contributed by atoms with E-state index in [2.05, 4.69) is 19.9 Å². The highest BCUT2D eigenvalue weighted by atomic mass is 35.5. The summed E-state index contributed by atoms with van der Waals surface area (Å²) in [7, 11) is 2.59. The fourth-order valence-corrected chi connectivity index (χ4v) is 3.43. The van der Waals surface area contributed by atoms with Gasteiger partial charge in [-0.3, -0.25) is 15.4 Å². The van der Waals surface area contributed by atoms with Gasteiger partial charge in [-0.05, 0) is 6.42 Å². The summed E-state index contributed by atoms with van der Waals surface area (Å²) in [6.45, 7) is 0.690. The van der Waals surface area contributed by atoms with E-state index < -0.39 is 6.04 Å². The van der Waals surface area contributed by atoms with Crippen LogP contribution in [0.3, 0.4) is 0 Å². The molecule has 1 aliphatic carbocycles. The Hall–Kier alpha value is 0.0400. The Labute approximate surface area is 95.7 Å². The number of fused-ring (bicyclic) bond motifs is 1. The van der Waals surface area contributed by atoms with Crippen molar-refractivity contribution in [1.29, 1.82) is 0 Å². The SMILES string of the molecule is O=[N+]([O-])C1CC2C(Cl)NCNC2CC1P. The average molecular weight is 252 g/mol. The maximum Gasteiger partial charge on any atom is 0.219 e. The Morgan fingerprint density at radius 3 is 2.80 bits per heavy atom. The van der Waals surface area contributed by atoms with Crippen molar-refractivity contribution in [2.75, 3.05) is 6.67 Å². The number of nitrogens with zero attached hydrogens (tertiary/aromatic N) is 1. The largest absolute Gasteiger partial charge is 0.301 e. The van der Waals surface area contributed by atoms with Crippen LogP contribution in [-0.4, -0.2) is 34.8 Å². The molecular formula is C8H15ClN3O2P. The maximum atomic E-state index is 10.9. The van der Waals surface area contributed by atoms with E-state index in [1.54, 1.807) is 0 Å². The van der Waals surface area contributed by atoms with Crippen molar-refractivity contribution in [3.63, 3.8) is 0 Å². The Balaban J connectivity index is 2.09. The van der Waals surface area contributed by atoms with Gasteiger partial charge in [-0.25, -0.2) is 0 Å². The third-order valence-corrected chi connectivity index (χ3v) is 4.55. The van der Waals surface area contributed by atoms with Crippen LogP contribution in [0.4, 0.5) is 0 Å². The van der Waals surface area contributed by atoms with E-state index >= 15 is 0 Å². The molecule has 1 heterocycles. The smallest absolute Gasteiger partial charge is 0.219 e. The first kappa shape index (κ1) is 11.5. The second-order valence-corrected chi connectivity index (χ2v) is 5.57. The normalized spacial score (nSPS) is 45.9. The summed E-state index contributed by atoms with van der Waals surface area (Å²) in [5.41, 5.74) is -0.0908. The van der Waals surface area contributed by atoms with Gasteiger partial charge in [0, 0.05) is 35.6 Å². The lowest BCUT2D eigenvalue weighted by molar-refractivity contribution is -0.526. The Bertz CT molecular complexity index is 268. The van der Waals surface area contributed by atoms with Gasteiger partial charge in [-0.15, -0.1) is 20.8 Å². The lowest BCUT2D eigenvalue weighted by atomic mass is 9.80. The predicted octanol–water partition coefficient (Wildman–Crippen LogP) is 0.369. The van der Waals surface area contributed by atoms with Crippen LogP contribution in [0.15, 0.2) is 0 Å². The molecule has 0 bridgehead atoms. The number of halogens is 1. The monoisotopic (exact) mass is 251 g/mol. The number of hydrogen-bond acceptors (Lipinski definition) is 4. The van der Waals surface area contributed by atoms with E-state index in [1.807, 2.05) is 0 Å². The van der Waals surface area contributed by atoms with Crippen LogP contribution >= 0.6 is 20.8 Å². The minimum Gasteiger partial charge on any atom is -0.301 e. The number of nitrogens with one attached hydrogen (secondary N) is 2. The van der Waals surface area contributed by atoms with Crippen LogP contribution in [0, 0.1) is 16.0 Å². The van der Waals surface area contributed by atoms with Crippen LogP contribution in [-0.2, 0) is 0 Å². The van der Waals surface area contributed by atoms with Gasteiger partial charge in [0.05, 0.1) is 5.50 Å². The molecule has 2 N–H and O–H groups in total. The first-order chi connectivity index (χ1) is 7.09. The summed E-state index contributed by atoms with van der Waals surface area (Å²) in [5, 5.41) is 17.2. The molecule has 6 unspecified atom stereocenters. The molecule has 0 aromatic rings. The van der Waals surface area contributed by atoms with E-state index in [1.165, 1.54) is 0 Å². The summed E-state index contributed by atoms with van der Waals surface area (Å²) >= 11 is 6.13. The van der Waals surface area contributed by atoms with Crippen LogP contribution in [0.25, 0.3) is 0 Å². The lowest BCUT2D eigenvalue weighted by Crippen LogP contribution is -2.60. The van der Waals surface area contributed by atoms with Crippen LogP contribution in [0.2, 0.25) is 0 Å². The number of rotatable bonds is 1. The molecule has 86 valence electrons. The highest BCUT2D eigenvalue weighted by Gasteiger charge is 2.45. The molecule has 5 nitrogen and oxygen atoms in total. The van der Waals surface area contributed by atoms with Crippen molar-refractivity contribution in [2.45, 2.75) is 36.1 Å². The average Bonchev–Trinajstić information content (AvgIpc) is 2.16. The molecule has 1 saturated carbocycles. The zero-order valence-corrected chi connectivity index (χ0v) is 10.1. The van der Waals surface area contributed by atoms with Crippen molar-refractivity contribution in [3.8, 4) is 0 Å². The molecule has 2 aliphatic rings. The molecule has 7 heteroatoms. The van der Waals surface area contributed by atoms with E-state index in [0.29, 0.717) is 19.1 Å². The van der Waals surface area contributed by atoms with Gasteiger partial charge < -0.3 is 5.32 Å². The third-order valence-electron chi connectivity index (χ3n) is 3.36. The summed E-state index contributed by atoms with van der Waals surface area (Å²) < 4.78 is 0. The molecule has 15 heavy (non-hydrogen) atoms. The highest BCUT2D eigenvalue weighted by Crippen LogP contribution is 2.35. The van der Waals surface area contributed by atoms with E-state index in [4.69, 9.17) is 11.6 Å². The summed E-state index contributed by atoms with van der Waals surface area (Å²) in [6.07, 6.45) is 1.37. The number of hydrogen-bond donors (Lipinski definition) is 2. The number of nitro groups is 1. The maximum absolute atomic E-state index is 10.9.